The van der Waals surface area contributed by atoms with Crippen molar-refractivity contribution in [3.8, 4) is 0 Å². The van der Waals surface area contributed by atoms with Gasteiger partial charge in [0.15, 0.2) is 0 Å². The van der Waals surface area contributed by atoms with E-state index in [1.807, 2.05) is 0 Å². The highest BCUT2D eigenvalue weighted by Gasteiger charge is 2.23. The second-order valence-corrected chi connectivity index (χ2v) is 6.01. The minimum atomic E-state index is -0.385. The molecule has 114 valence electrons. The molecule has 1 aliphatic heterocycles. The highest BCUT2D eigenvalue weighted by atomic mass is 16.3. The van der Waals surface area contributed by atoms with Gasteiger partial charge in [0, 0.05) is 32.0 Å². The lowest BCUT2D eigenvalue weighted by atomic mass is 9.89. The molecule has 0 aromatic rings. The molecule has 5 nitrogen and oxygen atoms in total. The summed E-state index contributed by atoms with van der Waals surface area (Å²) in [5.74, 6) is 0.291. The predicted molar refractivity (Wildman–Crippen MR) is 76.0 cm³/mol. The van der Waals surface area contributed by atoms with E-state index in [-0.39, 0.29) is 23.8 Å². The predicted octanol–water partition coefficient (Wildman–Crippen LogP) is 1.06. The van der Waals surface area contributed by atoms with Crippen LogP contribution in [0.25, 0.3) is 0 Å². The summed E-state index contributed by atoms with van der Waals surface area (Å²) in [5, 5.41) is 12.4. The normalized spacial score (nSPS) is 24.4. The number of hydrogen-bond acceptors (Lipinski definition) is 3. The first-order valence-corrected chi connectivity index (χ1v) is 7.90. The van der Waals surface area contributed by atoms with Gasteiger partial charge in [-0.3, -0.25) is 9.59 Å². The highest BCUT2D eigenvalue weighted by molar-refractivity contribution is 5.80. The Hall–Kier alpha value is -1.10. The molecule has 0 spiro atoms. The van der Waals surface area contributed by atoms with Crippen LogP contribution in [0.4, 0.5) is 0 Å². The van der Waals surface area contributed by atoms with Crippen LogP contribution >= 0.6 is 0 Å². The zero-order valence-corrected chi connectivity index (χ0v) is 12.1. The van der Waals surface area contributed by atoms with E-state index in [4.69, 9.17) is 0 Å². The maximum absolute atomic E-state index is 12.0. The van der Waals surface area contributed by atoms with Gasteiger partial charge in [0.1, 0.15) is 0 Å². The number of likely N-dealkylation sites (tertiary alicyclic amines) is 1. The molecule has 2 N–H and O–H groups in total. The van der Waals surface area contributed by atoms with Crippen LogP contribution in [0.1, 0.15) is 51.4 Å². The Balaban J connectivity index is 1.64. The number of carbonyl (C=O) groups excluding carboxylic acids is 2. The number of amides is 2. The average molecular weight is 282 g/mol. The summed E-state index contributed by atoms with van der Waals surface area (Å²) in [6.45, 7) is 1.59. The summed E-state index contributed by atoms with van der Waals surface area (Å²) in [7, 11) is 0. The molecular weight excluding hydrogens is 256 g/mol. The average Bonchev–Trinajstić information content (AvgIpc) is 2.48. The second-order valence-electron chi connectivity index (χ2n) is 6.01. The van der Waals surface area contributed by atoms with Crippen LogP contribution in [0, 0.1) is 5.92 Å². The number of piperidine rings is 1. The number of nitrogens with zero attached hydrogens (tertiary/aromatic N) is 1. The molecule has 1 unspecified atom stereocenters. The summed E-state index contributed by atoms with van der Waals surface area (Å²) >= 11 is 0. The molecular formula is C15H26N2O3. The quantitative estimate of drug-likeness (QED) is 0.810. The zero-order chi connectivity index (χ0) is 14.4. The van der Waals surface area contributed by atoms with E-state index in [0.29, 0.717) is 19.5 Å². The molecule has 1 heterocycles. The third-order valence-electron chi connectivity index (χ3n) is 4.36. The molecule has 2 amide bonds. The number of aliphatic hydroxyl groups excluding tert-OH is 1. The van der Waals surface area contributed by atoms with Crippen LogP contribution in [0.5, 0.6) is 0 Å². The fraction of sp³-hybridized carbons (Fsp3) is 0.867. The van der Waals surface area contributed by atoms with Gasteiger partial charge < -0.3 is 15.3 Å². The Labute approximate surface area is 120 Å². The van der Waals surface area contributed by atoms with E-state index < -0.39 is 0 Å². The van der Waals surface area contributed by atoms with Crippen molar-refractivity contribution in [2.45, 2.75) is 57.5 Å². The molecule has 20 heavy (non-hydrogen) atoms. The van der Waals surface area contributed by atoms with Crippen LogP contribution in [0.15, 0.2) is 0 Å². The smallest absolute Gasteiger partial charge is 0.224 e. The molecule has 1 atom stereocenters. The maximum Gasteiger partial charge on any atom is 0.224 e. The van der Waals surface area contributed by atoms with Gasteiger partial charge in [0.25, 0.3) is 0 Å². The van der Waals surface area contributed by atoms with E-state index in [1.54, 1.807) is 4.90 Å². The molecule has 5 heteroatoms. The van der Waals surface area contributed by atoms with Gasteiger partial charge in [-0.05, 0) is 25.7 Å². The number of β-amino-alcohol motifs (C(OH)–C–C–N with tert-alkyl or cyclic N) is 1. The van der Waals surface area contributed by atoms with Crippen molar-refractivity contribution < 1.29 is 14.7 Å². The lowest BCUT2D eigenvalue weighted by Crippen LogP contribution is -2.43. The summed E-state index contributed by atoms with van der Waals surface area (Å²) in [6, 6.07) is 0. The van der Waals surface area contributed by atoms with Gasteiger partial charge in [-0.25, -0.2) is 0 Å². The largest absolute Gasteiger partial charge is 0.391 e. The maximum atomic E-state index is 12.0. The van der Waals surface area contributed by atoms with Gasteiger partial charge in [-0.2, -0.15) is 0 Å². The summed E-state index contributed by atoms with van der Waals surface area (Å²) in [5.41, 5.74) is 0. The van der Waals surface area contributed by atoms with Gasteiger partial charge in [-0.15, -0.1) is 0 Å². The van der Waals surface area contributed by atoms with Gasteiger partial charge in [-0.1, -0.05) is 19.3 Å². The van der Waals surface area contributed by atoms with E-state index >= 15 is 0 Å². The van der Waals surface area contributed by atoms with Crippen LogP contribution in [-0.2, 0) is 9.59 Å². The molecule has 0 aromatic carbocycles. The van der Waals surface area contributed by atoms with Crippen molar-refractivity contribution in [1.82, 2.24) is 10.2 Å². The van der Waals surface area contributed by atoms with E-state index in [2.05, 4.69) is 5.32 Å². The summed E-state index contributed by atoms with van der Waals surface area (Å²) < 4.78 is 0. The van der Waals surface area contributed by atoms with Crippen molar-refractivity contribution >= 4 is 11.8 Å². The number of rotatable bonds is 4. The lowest BCUT2D eigenvalue weighted by molar-refractivity contribution is -0.134. The summed E-state index contributed by atoms with van der Waals surface area (Å²) in [6.07, 6.45) is 7.08. The number of nitrogens with one attached hydrogen (secondary N) is 1. The molecule has 1 aliphatic carbocycles. The Morgan fingerprint density at radius 2 is 1.85 bits per heavy atom. The van der Waals surface area contributed by atoms with E-state index in [0.717, 1.165) is 45.1 Å². The van der Waals surface area contributed by atoms with Crippen molar-refractivity contribution in [2.24, 2.45) is 5.92 Å². The topological polar surface area (TPSA) is 69.6 Å². The van der Waals surface area contributed by atoms with Crippen molar-refractivity contribution in [3.63, 3.8) is 0 Å². The number of hydrogen-bond donors (Lipinski definition) is 2. The second kappa shape index (κ2) is 7.62. The third kappa shape index (κ3) is 4.47. The Morgan fingerprint density at radius 1 is 1.10 bits per heavy atom. The van der Waals surface area contributed by atoms with Crippen LogP contribution in [-0.4, -0.2) is 47.6 Å². The lowest BCUT2D eigenvalue weighted by Gasteiger charge is -2.30. The molecule has 0 radical (unpaired) electrons. The van der Waals surface area contributed by atoms with E-state index in [9.17, 15) is 14.7 Å². The van der Waals surface area contributed by atoms with Gasteiger partial charge in [0.05, 0.1) is 6.10 Å². The minimum absolute atomic E-state index is 0.0349. The van der Waals surface area contributed by atoms with Crippen LogP contribution in [0.2, 0.25) is 0 Å². The molecule has 1 saturated heterocycles. The molecule has 2 aliphatic rings. The number of carbonyl (C=O) groups is 2. The Morgan fingerprint density at radius 3 is 2.55 bits per heavy atom. The molecule has 1 saturated carbocycles. The molecule has 0 bridgehead atoms. The monoisotopic (exact) mass is 282 g/mol. The van der Waals surface area contributed by atoms with Crippen LogP contribution in [0.3, 0.4) is 0 Å². The Bertz CT molecular complexity index is 340. The summed E-state index contributed by atoms with van der Waals surface area (Å²) in [4.78, 5) is 25.6. The highest BCUT2D eigenvalue weighted by Crippen LogP contribution is 2.23. The molecule has 2 rings (SSSR count). The fourth-order valence-corrected chi connectivity index (χ4v) is 3.14. The van der Waals surface area contributed by atoms with E-state index in [1.165, 1.54) is 6.42 Å². The SMILES string of the molecule is O=C(NCCC(=O)N1CCCC(O)C1)C1CCCCC1. The third-order valence-corrected chi connectivity index (χ3v) is 4.36. The first-order valence-electron chi connectivity index (χ1n) is 7.90. The van der Waals surface area contributed by atoms with Crippen molar-refractivity contribution in [3.05, 3.63) is 0 Å². The minimum Gasteiger partial charge on any atom is -0.391 e. The van der Waals surface area contributed by atoms with Crippen molar-refractivity contribution in [1.29, 1.82) is 0 Å². The Kier molecular flexibility index (Phi) is 5.83. The van der Waals surface area contributed by atoms with Crippen molar-refractivity contribution in [2.75, 3.05) is 19.6 Å². The van der Waals surface area contributed by atoms with Gasteiger partial charge >= 0.3 is 0 Å². The number of aliphatic hydroxyl groups is 1. The molecule has 2 fully saturated rings. The standard InChI is InChI=1S/C15H26N2O3/c18-13-7-4-10-17(11-13)14(19)8-9-16-15(20)12-5-2-1-3-6-12/h12-13,18H,1-11H2,(H,16,20). The fourth-order valence-electron chi connectivity index (χ4n) is 3.14. The zero-order valence-electron chi connectivity index (χ0n) is 12.1. The first-order chi connectivity index (χ1) is 9.66. The first kappa shape index (κ1) is 15.3. The van der Waals surface area contributed by atoms with Crippen LogP contribution < -0.4 is 5.32 Å². The van der Waals surface area contributed by atoms with Gasteiger partial charge in [0.2, 0.25) is 11.8 Å². The molecule has 0 aromatic heterocycles.